The quantitative estimate of drug-likeness (QED) is 0.663. The van der Waals surface area contributed by atoms with E-state index in [1.807, 2.05) is 4.72 Å². The standard InChI is InChI=1S/C15H10F4N4O3S/c16-11-7-10(5-6-12(11)23-9-20-8-21-23)22-27(24,25)14-4-2-1-3-13(14)26-15(17,18)19/h1-9,22H. The van der Waals surface area contributed by atoms with Crippen LogP contribution in [0.4, 0.5) is 23.2 Å². The number of hydrogen-bond donors (Lipinski definition) is 1. The Morgan fingerprint density at radius 2 is 1.85 bits per heavy atom. The molecule has 1 aromatic heterocycles. The number of aromatic nitrogens is 3. The molecule has 3 rings (SSSR count). The number of hydrogen-bond acceptors (Lipinski definition) is 5. The van der Waals surface area contributed by atoms with E-state index >= 15 is 0 Å². The third-order valence-corrected chi connectivity index (χ3v) is 4.65. The summed E-state index contributed by atoms with van der Waals surface area (Å²) in [5.74, 6) is -1.72. The van der Waals surface area contributed by atoms with Crippen LogP contribution in [0.25, 0.3) is 5.69 Å². The molecule has 0 bridgehead atoms. The summed E-state index contributed by atoms with van der Waals surface area (Å²) in [6.45, 7) is 0. The molecule has 0 aliphatic rings. The number of halogens is 4. The van der Waals surface area contributed by atoms with E-state index in [1.54, 1.807) is 0 Å². The zero-order chi connectivity index (χ0) is 19.7. The van der Waals surface area contributed by atoms with E-state index in [2.05, 4.69) is 14.8 Å². The topological polar surface area (TPSA) is 86.1 Å². The lowest BCUT2D eigenvalue weighted by Gasteiger charge is -2.14. The van der Waals surface area contributed by atoms with Crippen LogP contribution in [0.5, 0.6) is 5.75 Å². The fourth-order valence-corrected chi connectivity index (χ4v) is 3.36. The van der Waals surface area contributed by atoms with Crippen LogP contribution in [0.15, 0.2) is 60.0 Å². The van der Waals surface area contributed by atoms with Crippen LogP contribution in [-0.2, 0) is 10.0 Å². The lowest BCUT2D eigenvalue weighted by Crippen LogP contribution is -2.21. The highest BCUT2D eigenvalue weighted by molar-refractivity contribution is 7.92. The van der Waals surface area contributed by atoms with Gasteiger partial charge < -0.3 is 4.74 Å². The summed E-state index contributed by atoms with van der Waals surface area (Å²) in [6, 6.07) is 7.53. The van der Waals surface area contributed by atoms with E-state index in [1.165, 1.54) is 36.9 Å². The maximum absolute atomic E-state index is 14.2. The van der Waals surface area contributed by atoms with Crippen molar-refractivity contribution in [2.75, 3.05) is 4.72 Å². The number of rotatable bonds is 5. The second-order valence-corrected chi connectivity index (χ2v) is 6.76. The minimum Gasteiger partial charge on any atom is -0.404 e. The highest BCUT2D eigenvalue weighted by Crippen LogP contribution is 2.30. The molecule has 0 atom stereocenters. The van der Waals surface area contributed by atoms with E-state index in [0.717, 1.165) is 22.9 Å². The van der Waals surface area contributed by atoms with Crippen molar-refractivity contribution in [1.82, 2.24) is 14.8 Å². The monoisotopic (exact) mass is 402 g/mol. The van der Waals surface area contributed by atoms with Gasteiger partial charge in [-0.25, -0.2) is 22.5 Å². The predicted molar refractivity (Wildman–Crippen MR) is 85.3 cm³/mol. The first kappa shape index (κ1) is 18.6. The van der Waals surface area contributed by atoms with E-state index in [9.17, 15) is 26.0 Å². The van der Waals surface area contributed by atoms with Gasteiger partial charge in [0.2, 0.25) is 0 Å². The number of nitrogens with one attached hydrogen (secondary N) is 1. The number of ether oxygens (including phenoxy) is 1. The van der Waals surface area contributed by atoms with E-state index in [0.29, 0.717) is 0 Å². The fourth-order valence-electron chi connectivity index (χ4n) is 2.18. The number of sulfonamides is 1. The third-order valence-electron chi connectivity index (χ3n) is 3.23. The van der Waals surface area contributed by atoms with E-state index < -0.39 is 32.8 Å². The summed E-state index contributed by atoms with van der Waals surface area (Å²) in [4.78, 5) is 2.92. The summed E-state index contributed by atoms with van der Waals surface area (Å²) < 4.78 is 83.3. The highest BCUT2D eigenvalue weighted by Gasteiger charge is 2.34. The van der Waals surface area contributed by atoms with Crippen LogP contribution in [0, 0.1) is 5.82 Å². The molecule has 0 spiro atoms. The predicted octanol–water partition coefficient (Wildman–Crippen LogP) is 3.11. The molecule has 0 saturated heterocycles. The van der Waals surface area contributed by atoms with Gasteiger partial charge in [0.25, 0.3) is 10.0 Å². The van der Waals surface area contributed by atoms with Crippen LogP contribution < -0.4 is 9.46 Å². The second-order valence-electron chi connectivity index (χ2n) is 5.11. The number of para-hydroxylation sites is 1. The number of alkyl halides is 3. The molecule has 0 aliphatic carbocycles. The van der Waals surface area contributed by atoms with Gasteiger partial charge in [-0.05, 0) is 24.3 Å². The molecule has 142 valence electrons. The average Bonchev–Trinajstić information content (AvgIpc) is 3.07. The van der Waals surface area contributed by atoms with Crippen LogP contribution in [0.3, 0.4) is 0 Å². The molecule has 3 aromatic rings. The number of nitrogens with zero attached hydrogens (tertiary/aromatic N) is 3. The fraction of sp³-hybridized carbons (Fsp3) is 0.0667. The van der Waals surface area contributed by atoms with Gasteiger partial charge in [-0.1, -0.05) is 12.1 Å². The minimum atomic E-state index is -5.07. The Bertz CT molecular complexity index is 1050. The Labute approximate surface area is 150 Å². The molecule has 12 heteroatoms. The van der Waals surface area contributed by atoms with Gasteiger partial charge in [-0.15, -0.1) is 13.2 Å². The summed E-state index contributed by atoms with van der Waals surface area (Å²) in [5.41, 5.74) is -0.186. The van der Waals surface area contributed by atoms with Crippen LogP contribution in [-0.4, -0.2) is 29.5 Å². The zero-order valence-corrected chi connectivity index (χ0v) is 14.0. The average molecular weight is 402 g/mol. The normalized spacial score (nSPS) is 12.0. The van der Waals surface area contributed by atoms with Crippen molar-refractivity contribution in [1.29, 1.82) is 0 Å². The largest absolute Gasteiger partial charge is 0.573 e. The Morgan fingerprint density at radius 1 is 1.11 bits per heavy atom. The molecule has 27 heavy (non-hydrogen) atoms. The Kier molecular flexibility index (Phi) is 4.74. The van der Waals surface area contributed by atoms with E-state index in [4.69, 9.17) is 0 Å². The van der Waals surface area contributed by atoms with E-state index in [-0.39, 0.29) is 11.4 Å². The molecule has 0 radical (unpaired) electrons. The molecule has 0 aliphatic heterocycles. The Hall–Kier alpha value is -3.15. The molecule has 0 unspecified atom stereocenters. The van der Waals surface area contributed by atoms with Gasteiger partial charge >= 0.3 is 6.36 Å². The first-order valence-corrected chi connectivity index (χ1v) is 8.66. The molecular formula is C15H10F4N4O3S. The smallest absolute Gasteiger partial charge is 0.404 e. The van der Waals surface area contributed by atoms with Gasteiger partial charge in [0.1, 0.15) is 29.0 Å². The van der Waals surface area contributed by atoms with Gasteiger partial charge in [-0.2, -0.15) is 5.10 Å². The van der Waals surface area contributed by atoms with Gasteiger partial charge in [-0.3, -0.25) is 4.72 Å². The lowest BCUT2D eigenvalue weighted by atomic mass is 10.3. The van der Waals surface area contributed by atoms with Crippen molar-refractivity contribution in [3.05, 3.63) is 60.9 Å². The third kappa shape index (κ3) is 4.34. The summed E-state index contributed by atoms with van der Waals surface area (Å²) in [6.07, 6.45) is -2.64. The second kappa shape index (κ2) is 6.87. The minimum absolute atomic E-state index is 0.0104. The molecule has 0 amide bonds. The summed E-state index contributed by atoms with van der Waals surface area (Å²) in [7, 11) is -4.48. The van der Waals surface area contributed by atoms with Crippen molar-refractivity contribution < 1.29 is 30.7 Å². The molecular weight excluding hydrogens is 392 g/mol. The Morgan fingerprint density at radius 3 is 2.48 bits per heavy atom. The molecule has 0 saturated carbocycles. The Balaban J connectivity index is 1.91. The molecule has 2 aromatic carbocycles. The molecule has 7 nitrogen and oxygen atoms in total. The molecule has 1 N–H and O–H groups in total. The van der Waals surface area contributed by atoms with Crippen molar-refractivity contribution in [2.45, 2.75) is 11.3 Å². The number of anilines is 1. The van der Waals surface area contributed by atoms with Crippen molar-refractivity contribution in [3.63, 3.8) is 0 Å². The van der Waals surface area contributed by atoms with Crippen LogP contribution >= 0.6 is 0 Å². The SMILES string of the molecule is O=S(=O)(Nc1ccc(-n2cncn2)c(F)c1)c1ccccc1OC(F)(F)F. The molecule has 0 fully saturated rings. The first-order chi connectivity index (χ1) is 12.7. The maximum atomic E-state index is 14.2. The lowest BCUT2D eigenvalue weighted by molar-refractivity contribution is -0.275. The van der Waals surface area contributed by atoms with Gasteiger partial charge in [0.05, 0.1) is 5.69 Å². The van der Waals surface area contributed by atoms with Crippen LogP contribution in [0.1, 0.15) is 0 Å². The van der Waals surface area contributed by atoms with Crippen molar-refractivity contribution in [2.24, 2.45) is 0 Å². The van der Waals surface area contributed by atoms with Crippen LogP contribution in [0.2, 0.25) is 0 Å². The maximum Gasteiger partial charge on any atom is 0.573 e. The number of benzene rings is 2. The summed E-state index contributed by atoms with van der Waals surface area (Å²) >= 11 is 0. The van der Waals surface area contributed by atoms with Crippen molar-refractivity contribution in [3.8, 4) is 11.4 Å². The van der Waals surface area contributed by atoms with Gasteiger partial charge in [0, 0.05) is 6.07 Å². The zero-order valence-electron chi connectivity index (χ0n) is 13.2. The van der Waals surface area contributed by atoms with Gasteiger partial charge in [0.15, 0.2) is 5.82 Å². The van der Waals surface area contributed by atoms with Crippen molar-refractivity contribution >= 4 is 15.7 Å². The molecule has 1 heterocycles. The summed E-state index contributed by atoms with van der Waals surface area (Å²) in [5, 5.41) is 3.75. The first-order valence-electron chi connectivity index (χ1n) is 7.18. The highest BCUT2D eigenvalue weighted by atomic mass is 32.2.